The number of amides is 1. The van der Waals surface area contributed by atoms with E-state index in [1.807, 2.05) is 0 Å². The summed E-state index contributed by atoms with van der Waals surface area (Å²) in [5, 5.41) is 2.59. The Bertz CT molecular complexity index is 1060. The van der Waals surface area contributed by atoms with Crippen molar-refractivity contribution >= 4 is 45.0 Å². The van der Waals surface area contributed by atoms with E-state index in [1.165, 1.54) is 47.8 Å². The normalized spacial score (nSPS) is 15.1. The maximum atomic E-state index is 13.1. The van der Waals surface area contributed by atoms with Crippen molar-refractivity contribution in [3.05, 3.63) is 47.0 Å². The molecule has 0 radical (unpaired) electrons. The summed E-state index contributed by atoms with van der Waals surface area (Å²) in [6.45, 7) is 0.888. The molecule has 1 aliphatic rings. The number of carbonyl (C=O) groups excluding carboxylic acids is 1. The molecule has 0 bridgehead atoms. The highest BCUT2D eigenvalue weighted by atomic mass is 35.5. The van der Waals surface area contributed by atoms with E-state index in [0.29, 0.717) is 0 Å². The van der Waals surface area contributed by atoms with Gasteiger partial charge in [0.05, 0.1) is 35.9 Å². The number of sulfonamides is 1. The quantitative estimate of drug-likeness (QED) is 0.589. The van der Waals surface area contributed by atoms with E-state index in [0.717, 1.165) is 0 Å². The average molecular weight is 493 g/mol. The lowest BCUT2D eigenvalue weighted by molar-refractivity contribution is 0.0729. The van der Waals surface area contributed by atoms with Crippen molar-refractivity contribution in [2.75, 3.05) is 38.7 Å². The maximum absolute atomic E-state index is 13.1. The zero-order valence-corrected chi connectivity index (χ0v) is 18.7. The molecule has 0 spiro atoms. The number of nitrogens with one attached hydrogen (secondary N) is 1. The first-order valence-corrected chi connectivity index (χ1v) is 11.7. The number of rotatable bonds is 7. The van der Waals surface area contributed by atoms with Crippen molar-refractivity contribution in [1.29, 1.82) is 0 Å². The monoisotopic (exact) mass is 492 g/mol. The smallest absolute Gasteiger partial charge is 0.289 e. The third kappa shape index (κ3) is 5.47. The van der Waals surface area contributed by atoms with Crippen molar-refractivity contribution in [3.8, 4) is 5.75 Å². The standard InChI is InChI=1S/C19H19ClF2N2O5S2/c1-28-15-6-5-12(11-16(15)31(26,27)24-7-9-29-10-8-24)18(25)23-14-4-2-3-13(20)17(14)30-19(21)22/h2-6,11,19H,7-10H2,1H3,(H,23,25). The number of carbonyl (C=O) groups is 1. The van der Waals surface area contributed by atoms with E-state index in [-0.39, 0.29) is 69.9 Å². The highest BCUT2D eigenvalue weighted by Crippen LogP contribution is 2.38. The number of alkyl halides is 2. The minimum absolute atomic E-state index is 0.0145. The van der Waals surface area contributed by atoms with Gasteiger partial charge in [-0.2, -0.15) is 13.1 Å². The van der Waals surface area contributed by atoms with Crippen LogP contribution in [-0.4, -0.2) is 57.8 Å². The number of hydrogen-bond donors (Lipinski definition) is 1. The number of benzene rings is 2. The molecule has 1 heterocycles. The predicted octanol–water partition coefficient (Wildman–Crippen LogP) is 3.94. The zero-order chi connectivity index (χ0) is 22.6. The van der Waals surface area contributed by atoms with Crippen molar-refractivity contribution in [3.63, 3.8) is 0 Å². The molecule has 3 rings (SSSR count). The van der Waals surface area contributed by atoms with Gasteiger partial charge in [0.15, 0.2) is 0 Å². The summed E-state index contributed by atoms with van der Waals surface area (Å²) in [5.74, 6) is -3.33. The molecule has 1 fully saturated rings. The van der Waals surface area contributed by atoms with Crippen LogP contribution in [-0.2, 0) is 14.8 Å². The third-order valence-corrected chi connectivity index (χ3v) is 7.64. The average Bonchev–Trinajstić information content (AvgIpc) is 2.76. The summed E-state index contributed by atoms with van der Waals surface area (Å²) < 4.78 is 63.5. The van der Waals surface area contributed by atoms with E-state index >= 15 is 0 Å². The van der Waals surface area contributed by atoms with Gasteiger partial charge in [-0.3, -0.25) is 4.79 Å². The van der Waals surface area contributed by atoms with Gasteiger partial charge >= 0.3 is 0 Å². The van der Waals surface area contributed by atoms with Crippen LogP contribution in [0.2, 0.25) is 5.02 Å². The molecule has 0 aliphatic carbocycles. The molecule has 0 aromatic heterocycles. The van der Waals surface area contributed by atoms with E-state index in [1.54, 1.807) is 0 Å². The molecule has 0 unspecified atom stereocenters. The van der Waals surface area contributed by atoms with Gasteiger partial charge < -0.3 is 14.8 Å². The van der Waals surface area contributed by atoms with E-state index in [9.17, 15) is 22.0 Å². The van der Waals surface area contributed by atoms with Crippen LogP contribution in [0, 0.1) is 0 Å². The van der Waals surface area contributed by atoms with Crippen LogP contribution in [0.5, 0.6) is 5.75 Å². The summed E-state index contributed by atoms with van der Waals surface area (Å²) in [6, 6.07) is 8.33. The van der Waals surface area contributed by atoms with Crippen LogP contribution in [0.25, 0.3) is 0 Å². The fraction of sp³-hybridized carbons (Fsp3) is 0.316. The fourth-order valence-corrected chi connectivity index (χ4v) is 5.46. The number of anilines is 1. The number of hydrogen-bond acceptors (Lipinski definition) is 6. The second kappa shape index (κ2) is 10.1. The number of thioether (sulfide) groups is 1. The molecule has 12 heteroatoms. The van der Waals surface area contributed by atoms with Gasteiger partial charge in [0.1, 0.15) is 10.6 Å². The van der Waals surface area contributed by atoms with Crippen molar-refractivity contribution in [2.45, 2.75) is 15.5 Å². The van der Waals surface area contributed by atoms with E-state index in [4.69, 9.17) is 21.1 Å². The number of morpholine rings is 1. The first-order valence-electron chi connectivity index (χ1n) is 9.04. The SMILES string of the molecule is COc1ccc(C(=O)Nc2cccc(Cl)c2SC(F)F)cc1S(=O)(=O)N1CCOCC1. The Hall–Kier alpha value is -1.92. The Morgan fingerprint density at radius 3 is 2.61 bits per heavy atom. The van der Waals surface area contributed by atoms with Gasteiger partial charge in [-0.1, -0.05) is 29.4 Å². The lowest BCUT2D eigenvalue weighted by Crippen LogP contribution is -2.40. The molecule has 2 aromatic rings. The summed E-state index contributed by atoms with van der Waals surface area (Å²) in [7, 11) is -2.61. The largest absolute Gasteiger partial charge is 0.495 e. The number of nitrogens with zero attached hydrogens (tertiary/aromatic N) is 1. The minimum atomic E-state index is -3.94. The van der Waals surface area contributed by atoms with Gasteiger partial charge in [-0.25, -0.2) is 8.42 Å². The van der Waals surface area contributed by atoms with Crippen LogP contribution < -0.4 is 10.1 Å². The number of ether oxygens (including phenoxy) is 2. The topological polar surface area (TPSA) is 84.9 Å². The molecular formula is C19H19ClF2N2O5S2. The maximum Gasteiger partial charge on any atom is 0.289 e. The van der Waals surface area contributed by atoms with Crippen LogP contribution >= 0.6 is 23.4 Å². The molecule has 1 saturated heterocycles. The minimum Gasteiger partial charge on any atom is -0.495 e. The van der Waals surface area contributed by atoms with Crippen molar-refractivity contribution in [2.24, 2.45) is 0 Å². The molecule has 31 heavy (non-hydrogen) atoms. The first-order chi connectivity index (χ1) is 14.7. The van der Waals surface area contributed by atoms with E-state index < -0.39 is 21.7 Å². The second-order valence-electron chi connectivity index (χ2n) is 6.33. The second-order valence-corrected chi connectivity index (χ2v) is 9.65. The molecule has 2 aromatic carbocycles. The summed E-state index contributed by atoms with van der Waals surface area (Å²) in [6.07, 6.45) is 0. The number of methoxy groups -OCH3 is 1. The highest BCUT2D eigenvalue weighted by molar-refractivity contribution is 7.99. The van der Waals surface area contributed by atoms with Crippen molar-refractivity contribution in [1.82, 2.24) is 4.31 Å². The predicted molar refractivity (Wildman–Crippen MR) is 114 cm³/mol. The molecule has 7 nitrogen and oxygen atoms in total. The lowest BCUT2D eigenvalue weighted by Gasteiger charge is -2.26. The van der Waals surface area contributed by atoms with Crippen molar-refractivity contribution < 1.29 is 31.5 Å². The summed E-state index contributed by atoms with van der Waals surface area (Å²) >= 11 is 6.20. The Balaban J connectivity index is 1.93. The Kier molecular flexibility index (Phi) is 7.76. The zero-order valence-electron chi connectivity index (χ0n) is 16.3. The van der Waals surface area contributed by atoms with Crippen LogP contribution in [0.15, 0.2) is 46.2 Å². The van der Waals surface area contributed by atoms with Gasteiger partial charge in [-0.15, -0.1) is 0 Å². The van der Waals surface area contributed by atoms with Gasteiger partial charge in [0.2, 0.25) is 10.0 Å². The van der Waals surface area contributed by atoms with Gasteiger partial charge in [0, 0.05) is 18.7 Å². The highest BCUT2D eigenvalue weighted by Gasteiger charge is 2.30. The summed E-state index contributed by atoms with van der Waals surface area (Å²) in [4.78, 5) is 12.6. The lowest BCUT2D eigenvalue weighted by atomic mass is 10.2. The Morgan fingerprint density at radius 1 is 1.26 bits per heavy atom. The molecule has 0 atom stereocenters. The molecule has 1 N–H and O–H groups in total. The van der Waals surface area contributed by atoms with Crippen LogP contribution in [0.1, 0.15) is 10.4 Å². The van der Waals surface area contributed by atoms with Crippen LogP contribution in [0.3, 0.4) is 0 Å². The molecule has 1 amide bonds. The number of halogens is 3. The molecular weight excluding hydrogens is 474 g/mol. The fourth-order valence-electron chi connectivity index (χ4n) is 2.96. The Labute approximate surface area is 187 Å². The van der Waals surface area contributed by atoms with E-state index in [2.05, 4.69) is 5.32 Å². The molecule has 168 valence electrons. The first kappa shape index (κ1) is 23.7. The van der Waals surface area contributed by atoms with Crippen LogP contribution in [0.4, 0.5) is 14.5 Å². The third-order valence-electron chi connectivity index (χ3n) is 4.44. The molecule has 1 aliphatic heterocycles. The summed E-state index contributed by atoms with van der Waals surface area (Å²) in [5.41, 5.74) is 0.108. The molecule has 0 saturated carbocycles. The Morgan fingerprint density at radius 2 is 1.97 bits per heavy atom. The van der Waals surface area contributed by atoms with Gasteiger partial charge in [-0.05, 0) is 30.3 Å². The van der Waals surface area contributed by atoms with Gasteiger partial charge in [0.25, 0.3) is 11.7 Å².